The highest BCUT2D eigenvalue weighted by atomic mass is 16.6. The summed E-state index contributed by atoms with van der Waals surface area (Å²) >= 11 is 0. The number of aromatic nitrogens is 2. The van der Waals surface area contributed by atoms with Crippen LogP contribution in [-0.2, 0) is 9.47 Å². The first-order valence-electron chi connectivity index (χ1n) is 8.91. The van der Waals surface area contributed by atoms with Gasteiger partial charge in [-0.25, -0.2) is 14.4 Å². The lowest BCUT2D eigenvalue weighted by Gasteiger charge is -2.21. The Hall–Kier alpha value is -3.56. The van der Waals surface area contributed by atoms with Crippen LogP contribution in [0.25, 0.3) is 5.69 Å². The molecule has 1 amide bonds. The Morgan fingerprint density at radius 1 is 1.17 bits per heavy atom. The van der Waals surface area contributed by atoms with Crippen molar-refractivity contribution >= 4 is 23.4 Å². The summed E-state index contributed by atoms with van der Waals surface area (Å²) in [4.78, 5) is 50.4. The number of H-pyrrole nitrogens is 1. The monoisotopic (exact) mass is 404 g/mol. The molecule has 0 bridgehead atoms. The molecule has 0 aliphatic carbocycles. The third kappa shape index (κ3) is 5.47. The third-order valence-electron chi connectivity index (χ3n) is 3.62. The van der Waals surface area contributed by atoms with Crippen LogP contribution in [0.15, 0.2) is 34.0 Å². The van der Waals surface area contributed by atoms with Gasteiger partial charge in [0.15, 0.2) is 0 Å². The average Bonchev–Trinajstić information content (AvgIpc) is 2.60. The van der Waals surface area contributed by atoms with Gasteiger partial charge in [-0.05, 0) is 45.9 Å². The summed E-state index contributed by atoms with van der Waals surface area (Å²) in [5.41, 5.74) is -1.37. The number of ether oxygens (including phenoxy) is 2. The number of aromatic amines is 1. The van der Waals surface area contributed by atoms with Gasteiger partial charge in [0.1, 0.15) is 11.2 Å². The van der Waals surface area contributed by atoms with E-state index < -0.39 is 28.9 Å². The molecule has 10 nitrogen and oxygen atoms in total. The first kappa shape index (κ1) is 21.7. The molecule has 3 N–H and O–H groups in total. The molecule has 2 rings (SSSR count). The Balaban J connectivity index is 2.49. The number of nitrogens with one attached hydrogen (secondary N) is 3. The van der Waals surface area contributed by atoms with Gasteiger partial charge in [0.25, 0.3) is 5.56 Å². The van der Waals surface area contributed by atoms with Crippen molar-refractivity contribution in [2.24, 2.45) is 0 Å². The minimum atomic E-state index is -0.846. The summed E-state index contributed by atoms with van der Waals surface area (Å²) < 4.78 is 11.2. The molecule has 156 valence electrons. The average molecular weight is 404 g/mol. The van der Waals surface area contributed by atoms with E-state index in [1.807, 2.05) is 0 Å². The largest absolute Gasteiger partial charge is 0.462 e. The summed E-state index contributed by atoms with van der Waals surface area (Å²) in [5.74, 6) is -0.846. The number of hydrogen-bond acceptors (Lipinski definition) is 7. The molecule has 1 aromatic carbocycles. The number of benzene rings is 1. The maximum absolute atomic E-state index is 12.3. The van der Waals surface area contributed by atoms with E-state index in [4.69, 9.17) is 9.47 Å². The Bertz CT molecular complexity index is 1030. The third-order valence-corrected chi connectivity index (χ3v) is 3.62. The first-order chi connectivity index (χ1) is 13.6. The van der Waals surface area contributed by atoms with Crippen LogP contribution in [0.3, 0.4) is 0 Å². The van der Waals surface area contributed by atoms with E-state index in [-0.39, 0.29) is 12.2 Å². The van der Waals surface area contributed by atoms with Crippen molar-refractivity contribution in [2.75, 3.05) is 24.3 Å². The standard InChI is InChI=1S/C19H24N4O6/c1-6-28-16(25)12-10-23(17(26)22-15(12)24)11-7-8-13(20-5)14(9-11)21-18(27)29-19(2,3)4/h7-10,20H,6H2,1-5H3,(H,21,27)(H,22,24,26). The summed E-state index contributed by atoms with van der Waals surface area (Å²) in [6.45, 7) is 6.89. The van der Waals surface area contributed by atoms with Gasteiger partial charge in [0.2, 0.25) is 0 Å². The molecule has 1 heterocycles. The Morgan fingerprint density at radius 3 is 2.45 bits per heavy atom. The van der Waals surface area contributed by atoms with Gasteiger partial charge in [-0.2, -0.15) is 0 Å². The Labute approximate surface area is 166 Å². The second kappa shape index (κ2) is 8.63. The highest BCUT2D eigenvalue weighted by Crippen LogP contribution is 2.25. The highest BCUT2D eigenvalue weighted by Gasteiger charge is 2.19. The number of hydrogen-bond donors (Lipinski definition) is 3. The molecule has 0 spiro atoms. The Kier molecular flexibility index (Phi) is 6.47. The van der Waals surface area contributed by atoms with E-state index in [9.17, 15) is 19.2 Å². The maximum Gasteiger partial charge on any atom is 0.412 e. The van der Waals surface area contributed by atoms with Crippen LogP contribution in [-0.4, -0.2) is 40.9 Å². The molecule has 1 aromatic heterocycles. The molecule has 0 aliphatic rings. The number of rotatable bonds is 5. The lowest BCUT2D eigenvalue weighted by molar-refractivity contribution is 0.0522. The van der Waals surface area contributed by atoms with Crippen LogP contribution in [0.4, 0.5) is 16.2 Å². The molecular formula is C19H24N4O6. The number of nitrogens with zero attached hydrogens (tertiary/aromatic N) is 1. The minimum absolute atomic E-state index is 0.0816. The van der Waals surface area contributed by atoms with E-state index >= 15 is 0 Å². The molecule has 29 heavy (non-hydrogen) atoms. The van der Waals surface area contributed by atoms with Crippen LogP contribution in [0.1, 0.15) is 38.1 Å². The number of carbonyl (C=O) groups is 2. The SMILES string of the molecule is CCOC(=O)c1cn(-c2ccc(NC)c(NC(=O)OC(C)(C)C)c2)c(=O)[nH]c1=O. The fourth-order valence-corrected chi connectivity index (χ4v) is 2.43. The lowest BCUT2D eigenvalue weighted by Crippen LogP contribution is -2.33. The van der Waals surface area contributed by atoms with Crippen molar-refractivity contribution in [1.29, 1.82) is 0 Å². The zero-order chi connectivity index (χ0) is 21.8. The topological polar surface area (TPSA) is 132 Å². The zero-order valence-corrected chi connectivity index (χ0v) is 16.9. The van der Waals surface area contributed by atoms with E-state index in [1.165, 1.54) is 6.07 Å². The van der Waals surface area contributed by atoms with Gasteiger partial charge < -0.3 is 14.8 Å². The summed E-state index contributed by atoms with van der Waals surface area (Å²) in [7, 11) is 1.67. The smallest absolute Gasteiger partial charge is 0.412 e. The van der Waals surface area contributed by atoms with Crippen LogP contribution >= 0.6 is 0 Å². The van der Waals surface area contributed by atoms with Crippen molar-refractivity contribution in [3.05, 3.63) is 50.8 Å². The van der Waals surface area contributed by atoms with Crippen molar-refractivity contribution in [3.63, 3.8) is 0 Å². The van der Waals surface area contributed by atoms with Gasteiger partial charge in [-0.3, -0.25) is 19.7 Å². The lowest BCUT2D eigenvalue weighted by atomic mass is 10.2. The quantitative estimate of drug-likeness (QED) is 0.650. The molecule has 0 unspecified atom stereocenters. The maximum atomic E-state index is 12.3. The fourth-order valence-electron chi connectivity index (χ4n) is 2.43. The summed E-state index contributed by atoms with van der Waals surface area (Å²) in [6.07, 6.45) is 0.428. The summed E-state index contributed by atoms with van der Waals surface area (Å²) in [5, 5.41) is 5.54. The molecule has 0 atom stereocenters. The van der Waals surface area contributed by atoms with Gasteiger partial charge >= 0.3 is 17.8 Å². The summed E-state index contributed by atoms with van der Waals surface area (Å²) in [6, 6.07) is 4.72. The number of carbonyl (C=O) groups excluding carboxylic acids is 2. The zero-order valence-electron chi connectivity index (χ0n) is 16.9. The van der Waals surface area contributed by atoms with Gasteiger partial charge in [-0.15, -0.1) is 0 Å². The van der Waals surface area contributed by atoms with Crippen molar-refractivity contribution in [1.82, 2.24) is 9.55 Å². The van der Waals surface area contributed by atoms with Crippen molar-refractivity contribution in [2.45, 2.75) is 33.3 Å². The van der Waals surface area contributed by atoms with Gasteiger partial charge in [0.05, 0.1) is 23.7 Å². The van der Waals surface area contributed by atoms with Crippen molar-refractivity contribution < 1.29 is 19.1 Å². The molecule has 2 aromatic rings. The highest BCUT2D eigenvalue weighted by molar-refractivity contribution is 5.91. The van der Waals surface area contributed by atoms with Crippen LogP contribution < -0.4 is 21.9 Å². The van der Waals surface area contributed by atoms with Gasteiger partial charge in [-0.1, -0.05) is 0 Å². The second-order valence-electron chi connectivity index (χ2n) is 7.00. The normalized spacial score (nSPS) is 10.9. The van der Waals surface area contributed by atoms with E-state index in [0.717, 1.165) is 10.8 Å². The molecular weight excluding hydrogens is 380 g/mol. The second-order valence-corrected chi connectivity index (χ2v) is 7.00. The predicted octanol–water partition coefficient (Wildman–Crippen LogP) is 2.09. The molecule has 0 saturated heterocycles. The number of amides is 1. The van der Waals surface area contributed by atoms with Crippen molar-refractivity contribution in [3.8, 4) is 5.69 Å². The number of esters is 1. The molecule has 0 aliphatic heterocycles. The van der Waals surface area contributed by atoms with Gasteiger partial charge in [0, 0.05) is 13.2 Å². The Morgan fingerprint density at radius 2 is 1.86 bits per heavy atom. The van der Waals surface area contributed by atoms with E-state index in [1.54, 1.807) is 46.9 Å². The van der Waals surface area contributed by atoms with Crippen LogP contribution in [0.2, 0.25) is 0 Å². The molecule has 0 radical (unpaired) electrons. The predicted molar refractivity (Wildman–Crippen MR) is 108 cm³/mol. The first-order valence-corrected chi connectivity index (χ1v) is 8.91. The molecule has 0 fully saturated rings. The van der Waals surface area contributed by atoms with E-state index in [0.29, 0.717) is 17.1 Å². The molecule has 0 saturated carbocycles. The molecule has 10 heteroatoms. The number of anilines is 2. The fraction of sp³-hybridized carbons (Fsp3) is 0.368. The van der Waals surface area contributed by atoms with E-state index in [2.05, 4.69) is 15.6 Å². The van der Waals surface area contributed by atoms with Crippen LogP contribution in [0, 0.1) is 0 Å². The minimum Gasteiger partial charge on any atom is -0.462 e. The van der Waals surface area contributed by atoms with Crippen LogP contribution in [0.5, 0.6) is 0 Å².